The normalized spacial score (nSPS) is 49.2. The summed E-state index contributed by atoms with van der Waals surface area (Å²) < 4.78 is 4.78. The number of thiol groups is 1. The van der Waals surface area contributed by atoms with Crippen LogP contribution in [0.15, 0.2) is 0 Å². The van der Waals surface area contributed by atoms with E-state index in [1.54, 1.807) is 0 Å². The van der Waals surface area contributed by atoms with E-state index in [0.29, 0.717) is 0 Å². The Morgan fingerprint density at radius 3 is 2.30 bits per heavy atom. The predicted octanol–water partition coefficient (Wildman–Crippen LogP) is -1.64. The lowest BCUT2D eigenvalue weighted by atomic mass is 10.1. The van der Waals surface area contributed by atoms with Crippen molar-refractivity contribution in [1.82, 2.24) is 0 Å². The van der Waals surface area contributed by atoms with E-state index in [1.165, 1.54) is 0 Å². The molecule has 0 aromatic heterocycles. The molecule has 4 nitrogen and oxygen atoms in total. The Kier molecular flexibility index (Phi) is 2.54. The summed E-state index contributed by atoms with van der Waals surface area (Å²) in [6, 6.07) is 0. The maximum Gasteiger partial charge on any atom is 0.129 e. The number of rotatable bonds is 0. The van der Waals surface area contributed by atoms with Crippen LogP contribution in [0.4, 0.5) is 0 Å². The molecule has 1 heterocycles. The molecule has 0 aromatic rings. The van der Waals surface area contributed by atoms with Crippen molar-refractivity contribution in [3.63, 3.8) is 0 Å². The van der Waals surface area contributed by atoms with Gasteiger partial charge < -0.3 is 20.1 Å². The monoisotopic (exact) mass is 166 g/mol. The highest BCUT2D eigenvalue weighted by molar-refractivity contribution is 7.80. The molecule has 10 heavy (non-hydrogen) atoms. The van der Waals surface area contributed by atoms with Gasteiger partial charge >= 0.3 is 0 Å². The van der Waals surface area contributed by atoms with Crippen LogP contribution in [0.2, 0.25) is 0 Å². The molecular formula is C5H10O4S. The number of aliphatic hydroxyl groups is 3. The van der Waals surface area contributed by atoms with E-state index in [-0.39, 0.29) is 6.61 Å². The van der Waals surface area contributed by atoms with E-state index in [4.69, 9.17) is 20.1 Å². The third kappa shape index (κ3) is 1.43. The van der Waals surface area contributed by atoms with Gasteiger partial charge in [0.1, 0.15) is 23.7 Å². The molecule has 0 radical (unpaired) electrons. The van der Waals surface area contributed by atoms with Gasteiger partial charge in [0, 0.05) is 0 Å². The number of aliphatic hydroxyl groups excluding tert-OH is 3. The van der Waals surface area contributed by atoms with Gasteiger partial charge in [-0.1, -0.05) is 0 Å². The van der Waals surface area contributed by atoms with Crippen LogP contribution in [0.25, 0.3) is 0 Å². The molecule has 60 valence electrons. The Balaban J connectivity index is 2.52. The Morgan fingerprint density at radius 1 is 1.20 bits per heavy atom. The maximum atomic E-state index is 9.01. The van der Waals surface area contributed by atoms with Crippen molar-refractivity contribution in [2.24, 2.45) is 0 Å². The van der Waals surface area contributed by atoms with Crippen LogP contribution in [0.1, 0.15) is 0 Å². The first kappa shape index (κ1) is 8.29. The molecule has 1 saturated heterocycles. The molecule has 5 heteroatoms. The van der Waals surface area contributed by atoms with E-state index in [2.05, 4.69) is 12.6 Å². The van der Waals surface area contributed by atoms with Gasteiger partial charge in [0.05, 0.1) is 6.61 Å². The molecule has 4 unspecified atom stereocenters. The number of hydrogen-bond acceptors (Lipinski definition) is 5. The zero-order valence-corrected chi connectivity index (χ0v) is 6.11. The highest BCUT2D eigenvalue weighted by atomic mass is 32.1. The van der Waals surface area contributed by atoms with Crippen molar-refractivity contribution in [3.8, 4) is 0 Å². The summed E-state index contributed by atoms with van der Waals surface area (Å²) in [6.45, 7) is 0.0202. The Morgan fingerprint density at radius 2 is 1.80 bits per heavy atom. The van der Waals surface area contributed by atoms with Gasteiger partial charge in [0.2, 0.25) is 0 Å². The predicted molar refractivity (Wildman–Crippen MR) is 36.7 cm³/mol. The molecule has 1 fully saturated rings. The van der Waals surface area contributed by atoms with E-state index >= 15 is 0 Å². The number of hydrogen-bond donors (Lipinski definition) is 4. The molecule has 1 aliphatic rings. The second kappa shape index (κ2) is 3.06. The standard InChI is InChI=1S/C5H10O4S/c6-2-1-9-5(10)4(8)3(2)7/h2-8,10H,1H2. The molecule has 0 amide bonds. The third-order valence-corrected chi connectivity index (χ3v) is 1.93. The third-order valence-electron chi connectivity index (χ3n) is 1.47. The van der Waals surface area contributed by atoms with Crippen LogP contribution in [0.3, 0.4) is 0 Å². The van der Waals surface area contributed by atoms with Crippen LogP contribution >= 0.6 is 12.6 Å². The van der Waals surface area contributed by atoms with Crippen LogP contribution in [0.5, 0.6) is 0 Å². The van der Waals surface area contributed by atoms with Gasteiger partial charge in [-0.25, -0.2) is 0 Å². The van der Waals surface area contributed by atoms with Gasteiger partial charge in [-0.3, -0.25) is 0 Å². The van der Waals surface area contributed by atoms with Gasteiger partial charge in [-0.2, -0.15) is 0 Å². The summed E-state index contributed by atoms with van der Waals surface area (Å²) in [6.07, 6.45) is -3.25. The first-order valence-corrected chi connectivity index (χ1v) is 3.48. The lowest BCUT2D eigenvalue weighted by Crippen LogP contribution is -2.50. The molecule has 0 aromatic carbocycles. The summed E-state index contributed by atoms with van der Waals surface area (Å²) in [5.74, 6) is 0. The fraction of sp³-hybridized carbons (Fsp3) is 1.00. The Labute approximate surface area is 63.8 Å². The zero-order valence-electron chi connectivity index (χ0n) is 5.21. The van der Waals surface area contributed by atoms with Crippen molar-refractivity contribution in [2.75, 3.05) is 6.61 Å². The topological polar surface area (TPSA) is 69.9 Å². The van der Waals surface area contributed by atoms with Crippen molar-refractivity contribution in [3.05, 3.63) is 0 Å². The molecule has 4 atom stereocenters. The van der Waals surface area contributed by atoms with E-state index in [9.17, 15) is 0 Å². The minimum Gasteiger partial charge on any atom is -0.388 e. The average Bonchev–Trinajstić information content (AvgIpc) is 1.93. The summed E-state index contributed by atoms with van der Waals surface area (Å²) in [5.41, 5.74) is -0.696. The van der Waals surface area contributed by atoms with Crippen molar-refractivity contribution >= 4 is 12.6 Å². The molecule has 1 aliphatic heterocycles. The SMILES string of the molecule is OC1COC(S)C(O)C1O. The van der Waals surface area contributed by atoms with Crippen LogP contribution in [-0.4, -0.2) is 45.7 Å². The summed E-state index contributed by atoms with van der Waals surface area (Å²) in [4.78, 5) is 0. The molecule has 3 N–H and O–H groups in total. The molecule has 0 aliphatic carbocycles. The maximum absolute atomic E-state index is 9.01. The minimum absolute atomic E-state index is 0.0202. The van der Waals surface area contributed by atoms with Crippen molar-refractivity contribution in [2.45, 2.75) is 23.7 Å². The molecule has 0 bridgehead atoms. The molecule has 0 spiro atoms. The first-order chi connectivity index (χ1) is 4.63. The molecule has 0 saturated carbocycles. The lowest BCUT2D eigenvalue weighted by Gasteiger charge is -2.32. The fourth-order valence-electron chi connectivity index (χ4n) is 0.791. The largest absolute Gasteiger partial charge is 0.388 e. The Hall–Kier alpha value is 0.190. The van der Waals surface area contributed by atoms with Gasteiger partial charge in [-0.15, -0.1) is 12.6 Å². The van der Waals surface area contributed by atoms with Crippen molar-refractivity contribution < 1.29 is 20.1 Å². The Bertz CT molecular complexity index is 106. The zero-order chi connectivity index (χ0) is 7.72. The van der Waals surface area contributed by atoms with E-state index in [1.807, 2.05) is 0 Å². The first-order valence-electron chi connectivity index (χ1n) is 2.97. The minimum atomic E-state index is -1.14. The second-order valence-corrected chi connectivity index (χ2v) is 2.78. The van der Waals surface area contributed by atoms with Gasteiger partial charge in [0.25, 0.3) is 0 Å². The van der Waals surface area contributed by atoms with Crippen LogP contribution in [0, 0.1) is 0 Å². The summed E-state index contributed by atoms with van der Waals surface area (Å²) in [5, 5.41) is 26.9. The number of ether oxygens (including phenoxy) is 1. The van der Waals surface area contributed by atoms with Gasteiger partial charge in [-0.05, 0) is 0 Å². The van der Waals surface area contributed by atoms with E-state index in [0.717, 1.165) is 0 Å². The quantitative estimate of drug-likeness (QED) is 0.326. The van der Waals surface area contributed by atoms with Crippen LogP contribution < -0.4 is 0 Å². The average molecular weight is 166 g/mol. The highest BCUT2D eigenvalue weighted by Gasteiger charge is 2.35. The second-order valence-electron chi connectivity index (χ2n) is 2.27. The fourth-order valence-corrected chi connectivity index (χ4v) is 1.05. The smallest absolute Gasteiger partial charge is 0.129 e. The summed E-state index contributed by atoms with van der Waals surface area (Å²) in [7, 11) is 0. The molecule has 1 rings (SSSR count). The van der Waals surface area contributed by atoms with Gasteiger partial charge in [0.15, 0.2) is 0 Å². The van der Waals surface area contributed by atoms with E-state index < -0.39 is 23.7 Å². The summed E-state index contributed by atoms with van der Waals surface area (Å²) >= 11 is 3.81. The molecular weight excluding hydrogens is 156 g/mol. The lowest BCUT2D eigenvalue weighted by molar-refractivity contribution is -0.160. The van der Waals surface area contributed by atoms with Crippen molar-refractivity contribution in [1.29, 1.82) is 0 Å². The van der Waals surface area contributed by atoms with Crippen LogP contribution in [-0.2, 0) is 4.74 Å². The highest BCUT2D eigenvalue weighted by Crippen LogP contribution is 2.17.